The van der Waals surface area contributed by atoms with E-state index in [1.807, 2.05) is 0 Å². The molecule has 1 amide bonds. The van der Waals surface area contributed by atoms with Crippen LogP contribution in [0.15, 0.2) is 47.0 Å². The quantitative estimate of drug-likeness (QED) is 0.602. The first-order chi connectivity index (χ1) is 14.8. The number of ether oxygens (including phenoxy) is 3. The first-order valence-electron chi connectivity index (χ1n) is 9.53. The van der Waals surface area contributed by atoms with E-state index in [2.05, 4.69) is 9.89 Å². The lowest BCUT2D eigenvalue weighted by molar-refractivity contribution is -0.274. The molecular formula is C21H19F3N2O5. The topological polar surface area (TPSA) is 74.0 Å². The number of halogens is 3. The van der Waals surface area contributed by atoms with Gasteiger partial charge < -0.3 is 23.6 Å². The van der Waals surface area contributed by atoms with Crippen molar-refractivity contribution in [1.82, 2.24) is 10.1 Å². The van der Waals surface area contributed by atoms with Crippen molar-refractivity contribution >= 4 is 16.9 Å². The van der Waals surface area contributed by atoms with Gasteiger partial charge in [-0.25, -0.2) is 0 Å². The highest BCUT2D eigenvalue weighted by Gasteiger charge is 2.31. The van der Waals surface area contributed by atoms with Crippen LogP contribution in [0.1, 0.15) is 6.92 Å². The highest BCUT2D eigenvalue weighted by atomic mass is 19.4. The van der Waals surface area contributed by atoms with Crippen LogP contribution in [-0.2, 0) is 9.53 Å². The Morgan fingerprint density at radius 2 is 1.94 bits per heavy atom. The van der Waals surface area contributed by atoms with Gasteiger partial charge in [0.1, 0.15) is 12.4 Å². The zero-order valence-electron chi connectivity index (χ0n) is 16.5. The van der Waals surface area contributed by atoms with Crippen molar-refractivity contribution < 1.29 is 36.7 Å². The maximum absolute atomic E-state index is 12.3. The Bertz CT molecular complexity index is 1070. The first-order valence-corrected chi connectivity index (χ1v) is 9.53. The van der Waals surface area contributed by atoms with Crippen LogP contribution in [0.5, 0.6) is 11.6 Å². The van der Waals surface area contributed by atoms with Crippen LogP contribution in [0.3, 0.4) is 0 Å². The van der Waals surface area contributed by atoms with Crippen molar-refractivity contribution in [1.29, 1.82) is 0 Å². The van der Waals surface area contributed by atoms with Crippen LogP contribution in [0.4, 0.5) is 13.2 Å². The van der Waals surface area contributed by atoms with Gasteiger partial charge >= 0.3 is 6.36 Å². The molecule has 2 heterocycles. The predicted octanol–water partition coefficient (Wildman–Crippen LogP) is 4.02. The lowest BCUT2D eigenvalue weighted by Gasteiger charge is -2.34. The SMILES string of the molecule is CC(=O)N1CCOCC1COc1noc2ccc(-c3ccc(OC(F)(F)F)cc3)cc12. The molecule has 2 aromatic carbocycles. The third kappa shape index (κ3) is 4.91. The van der Waals surface area contributed by atoms with Crippen LogP contribution in [-0.4, -0.2) is 54.7 Å². The second-order valence-electron chi connectivity index (χ2n) is 7.02. The zero-order chi connectivity index (χ0) is 22.0. The van der Waals surface area contributed by atoms with Crippen molar-refractivity contribution in [3.63, 3.8) is 0 Å². The standard InChI is InChI=1S/C21H19F3N2O5/c1-13(27)26-8-9-28-11-16(26)12-29-20-18-10-15(4-7-19(18)31-25-20)14-2-5-17(6-3-14)30-21(22,23)24/h2-7,10,16H,8-9,11-12H2,1H3. The molecule has 7 nitrogen and oxygen atoms in total. The summed E-state index contributed by atoms with van der Waals surface area (Å²) in [6.45, 7) is 3.04. The Labute approximate surface area is 175 Å². The fourth-order valence-corrected chi connectivity index (χ4v) is 3.43. The molecule has 1 fully saturated rings. The molecule has 1 aliphatic rings. The molecule has 0 aliphatic carbocycles. The largest absolute Gasteiger partial charge is 0.573 e. The monoisotopic (exact) mass is 436 g/mol. The third-order valence-corrected chi connectivity index (χ3v) is 4.90. The van der Waals surface area contributed by atoms with Gasteiger partial charge in [-0.2, -0.15) is 0 Å². The molecule has 0 radical (unpaired) electrons. The van der Waals surface area contributed by atoms with Gasteiger partial charge in [0.25, 0.3) is 5.88 Å². The van der Waals surface area contributed by atoms with Crippen molar-refractivity contribution in [2.75, 3.05) is 26.4 Å². The first kappa shape index (κ1) is 21.0. The molecule has 0 saturated carbocycles. The lowest BCUT2D eigenvalue weighted by atomic mass is 10.0. The maximum atomic E-state index is 12.3. The minimum Gasteiger partial charge on any atom is -0.473 e. The second kappa shape index (κ2) is 8.46. The number of nitrogens with zero attached hydrogens (tertiary/aromatic N) is 2. The van der Waals surface area contributed by atoms with Crippen LogP contribution >= 0.6 is 0 Å². The van der Waals surface area contributed by atoms with E-state index in [9.17, 15) is 18.0 Å². The molecule has 0 bridgehead atoms. The predicted molar refractivity (Wildman–Crippen MR) is 104 cm³/mol. The van der Waals surface area contributed by atoms with Crippen LogP contribution < -0.4 is 9.47 Å². The zero-order valence-corrected chi connectivity index (χ0v) is 16.5. The average molecular weight is 436 g/mol. The molecule has 0 N–H and O–H groups in total. The Morgan fingerprint density at radius 1 is 1.19 bits per heavy atom. The van der Waals surface area contributed by atoms with E-state index in [0.717, 1.165) is 5.56 Å². The minimum absolute atomic E-state index is 0.0536. The molecule has 1 saturated heterocycles. The molecule has 4 rings (SSSR count). The van der Waals surface area contributed by atoms with E-state index in [0.29, 0.717) is 36.3 Å². The van der Waals surface area contributed by atoms with Gasteiger partial charge in [0, 0.05) is 13.5 Å². The Morgan fingerprint density at radius 3 is 2.65 bits per heavy atom. The number of morpholine rings is 1. The molecule has 3 aromatic rings. The van der Waals surface area contributed by atoms with E-state index in [1.165, 1.54) is 31.2 Å². The molecule has 1 aliphatic heterocycles. The van der Waals surface area contributed by atoms with E-state index in [-0.39, 0.29) is 30.2 Å². The van der Waals surface area contributed by atoms with Gasteiger partial charge in [-0.3, -0.25) is 4.79 Å². The van der Waals surface area contributed by atoms with Crippen molar-refractivity contribution in [3.05, 3.63) is 42.5 Å². The smallest absolute Gasteiger partial charge is 0.473 e. The fraction of sp³-hybridized carbons (Fsp3) is 0.333. The summed E-state index contributed by atoms with van der Waals surface area (Å²) in [4.78, 5) is 13.5. The Balaban J connectivity index is 1.52. The van der Waals surface area contributed by atoms with Gasteiger partial charge in [0.05, 0.1) is 24.6 Å². The summed E-state index contributed by atoms with van der Waals surface area (Å²) in [7, 11) is 0. The number of carbonyl (C=O) groups is 1. The number of hydrogen-bond donors (Lipinski definition) is 0. The van der Waals surface area contributed by atoms with Crippen LogP contribution in [0.2, 0.25) is 0 Å². The number of fused-ring (bicyclic) bond motifs is 1. The molecule has 0 spiro atoms. The van der Waals surface area contributed by atoms with Crippen molar-refractivity contribution in [2.24, 2.45) is 0 Å². The number of benzene rings is 2. The lowest BCUT2D eigenvalue weighted by Crippen LogP contribution is -2.50. The van der Waals surface area contributed by atoms with Crippen LogP contribution in [0, 0.1) is 0 Å². The maximum Gasteiger partial charge on any atom is 0.573 e. The molecule has 1 atom stereocenters. The van der Waals surface area contributed by atoms with Gasteiger partial charge in [0.15, 0.2) is 5.58 Å². The molecule has 1 aromatic heterocycles. The molecule has 1 unspecified atom stereocenters. The summed E-state index contributed by atoms with van der Waals surface area (Å²) in [6, 6.07) is 10.6. The molecule has 164 valence electrons. The number of rotatable bonds is 5. The van der Waals surface area contributed by atoms with Crippen LogP contribution in [0.25, 0.3) is 22.1 Å². The average Bonchev–Trinajstić information content (AvgIpc) is 3.14. The minimum atomic E-state index is -4.74. The highest BCUT2D eigenvalue weighted by molar-refractivity contribution is 5.87. The van der Waals surface area contributed by atoms with Gasteiger partial charge in [0.2, 0.25) is 5.91 Å². The Kier molecular flexibility index (Phi) is 5.73. The summed E-state index contributed by atoms with van der Waals surface area (Å²) in [6.07, 6.45) is -4.74. The van der Waals surface area contributed by atoms with Crippen molar-refractivity contribution in [3.8, 4) is 22.8 Å². The van der Waals surface area contributed by atoms with Crippen molar-refractivity contribution in [2.45, 2.75) is 19.3 Å². The number of amides is 1. The summed E-state index contributed by atoms with van der Waals surface area (Å²) >= 11 is 0. The number of hydrogen-bond acceptors (Lipinski definition) is 6. The second-order valence-corrected chi connectivity index (χ2v) is 7.02. The normalized spacial score (nSPS) is 17.0. The van der Waals surface area contributed by atoms with E-state index < -0.39 is 6.36 Å². The fourth-order valence-electron chi connectivity index (χ4n) is 3.43. The summed E-state index contributed by atoms with van der Waals surface area (Å²) in [5, 5.41) is 4.56. The van der Waals surface area contributed by atoms with Gasteiger partial charge in [-0.05, 0) is 40.5 Å². The third-order valence-electron chi connectivity index (χ3n) is 4.90. The summed E-state index contributed by atoms with van der Waals surface area (Å²) in [5.41, 5.74) is 1.93. The molecular weight excluding hydrogens is 417 g/mol. The molecule has 31 heavy (non-hydrogen) atoms. The number of aromatic nitrogens is 1. The Hall–Kier alpha value is -3.27. The number of alkyl halides is 3. The van der Waals surface area contributed by atoms with E-state index in [1.54, 1.807) is 23.1 Å². The van der Waals surface area contributed by atoms with Gasteiger partial charge in [-0.1, -0.05) is 18.2 Å². The van der Waals surface area contributed by atoms with E-state index >= 15 is 0 Å². The van der Waals surface area contributed by atoms with E-state index in [4.69, 9.17) is 14.0 Å². The summed E-state index contributed by atoms with van der Waals surface area (Å²) < 4.78 is 57.5. The molecule has 10 heteroatoms. The summed E-state index contributed by atoms with van der Waals surface area (Å²) in [5.74, 6) is -0.0823. The van der Waals surface area contributed by atoms with Gasteiger partial charge in [-0.15, -0.1) is 13.2 Å². The highest BCUT2D eigenvalue weighted by Crippen LogP contribution is 2.32. The number of carbonyl (C=O) groups excluding carboxylic acids is 1.